The van der Waals surface area contributed by atoms with Gasteiger partial charge in [-0.3, -0.25) is 37.3 Å². The highest BCUT2D eigenvalue weighted by Gasteiger charge is 2.31. The molecule has 0 fully saturated rings. The molecule has 0 amide bonds. The van der Waals surface area contributed by atoms with Gasteiger partial charge in [0, 0.05) is 25.7 Å². The van der Waals surface area contributed by atoms with E-state index in [4.69, 9.17) is 37.0 Å². The van der Waals surface area contributed by atoms with Gasteiger partial charge in [-0.1, -0.05) is 478 Å². The molecule has 0 saturated carbocycles. The predicted octanol–water partition coefficient (Wildman–Crippen LogP) is 30.5. The highest BCUT2D eigenvalue weighted by Crippen LogP contribution is 2.45. The minimum Gasteiger partial charge on any atom is -0.462 e. The Kier molecular flexibility index (Phi) is 86.5. The fraction of sp³-hybridized carbons (Fsp3) is 0.959. The number of phosphoric acid groups is 2. The van der Waals surface area contributed by atoms with Crippen LogP contribution in [0.15, 0.2) is 0 Å². The summed E-state index contributed by atoms with van der Waals surface area (Å²) < 4.78 is 69.2. The second-order valence-corrected chi connectivity index (χ2v) is 38.2. The van der Waals surface area contributed by atoms with Gasteiger partial charge in [-0.15, -0.1) is 0 Å². The number of unbranched alkanes of at least 4 members (excludes halogenated alkanes) is 64. The van der Waals surface area contributed by atoms with Crippen LogP contribution < -0.4 is 0 Å². The molecule has 7 atom stereocenters. The van der Waals surface area contributed by atoms with Gasteiger partial charge in [0.2, 0.25) is 0 Å². The zero-order chi connectivity index (χ0) is 84.8. The predicted molar refractivity (Wildman–Crippen MR) is 483 cm³/mol. The van der Waals surface area contributed by atoms with Gasteiger partial charge in [0.25, 0.3) is 0 Å². The third-order valence-electron chi connectivity index (χ3n) is 23.7. The molecule has 17 nitrogen and oxygen atoms in total. The number of aliphatic hydroxyl groups excluding tert-OH is 1. The molecule has 4 unspecified atom stereocenters. The number of rotatable bonds is 96. The Bertz CT molecular complexity index is 2210. The summed E-state index contributed by atoms with van der Waals surface area (Å²) >= 11 is 0. The first kappa shape index (κ1) is 114. The molecule has 0 aliphatic carbocycles. The number of aliphatic hydroxyl groups is 1. The van der Waals surface area contributed by atoms with Crippen LogP contribution in [-0.4, -0.2) is 96.7 Å². The smallest absolute Gasteiger partial charge is 0.462 e. The van der Waals surface area contributed by atoms with Gasteiger partial charge < -0.3 is 33.8 Å². The van der Waals surface area contributed by atoms with E-state index in [2.05, 4.69) is 41.5 Å². The first-order valence-electron chi connectivity index (χ1n) is 50.1. The minimum absolute atomic E-state index is 0.109. The molecule has 0 aromatic rings. The third kappa shape index (κ3) is 87.0. The van der Waals surface area contributed by atoms with E-state index in [0.717, 1.165) is 102 Å². The summed E-state index contributed by atoms with van der Waals surface area (Å²) in [5.41, 5.74) is 0. The van der Waals surface area contributed by atoms with Crippen LogP contribution in [0.3, 0.4) is 0 Å². The maximum absolute atomic E-state index is 13.2. The molecule has 19 heteroatoms. The first-order chi connectivity index (χ1) is 56.4. The van der Waals surface area contributed by atoms with Crippen LogP contribution in [0.1, 0.15) is 530 Å². The lowest BCUT2D eigenvalue weighted by Gasteiger charge is -2.21. The zero-order valence-corrected chi connectivity index (χ0v) is 78.6. The average Bonchev–Trinajstić information content (AvgIpc) is 0.895. The third-order valence-corrected chi connectivity index (χ3v) is 25.6. The Hall–Kier alpha value is -1.94. The van der Waals surface area contributed by atoms with Crippen molar-refractivity contribution >= 4 is 39.5 Å². The maximum Gasteiger partial charge on any atom is 0.472 e. The SMILES string of the molecule is CCCCCCCCCCCCCCCCCCCCCCCCC(=O)O[C@H](COC(=O)CCCCCCCCCCCC)COP(=O)(O)OC[C@H](O)COP(=O)(O)OC[C@@H](COC(=O)CCCCCCCCCCCCCCCCCCCCC(C)CC)OC(=O)CCCCCCCCCCCCCCCCCCCCC(C)CC. The molecule has 0 aliphatic heterocycles. The summed E-state index contributed by atoms with van der Waals surface area (Å²) in [5.74, 6) is -0.345. The lowest BCUT2D eigenvalue weighted by Crippen LogP contribution is -2.30. The monoisotopic (exact) mass is 1690 g/mol. The number of esters is 4. The van der Waals surface area contributed by atoms with E-state index in [1.54, 1.807) is 0 Å². The molecular weight excluding hydrogens is 1500 g/mol. The van der Waals surface area contributed by atoms with Gasteiger partial charge in [-0.05, 0) is 37.5 Å². The second-order valence-electron chi connectivity index (χ2n) is 35.3. The van der Waals surface area contributed by atoms with Gasteiger partial charge in [-0.2, -0.15) is 0 Å². The van der Waals surface area contributed by atoms with Gasteiger partial charge in [-0.25, -0.2) is 9.13 Å². The van der Waals surface area contributed by atoms with Crippen LogP contribution in [-0.2, 0) is 65.4 Å². The van der Waals surface area contributed by atoms with Gasteiger partial charge in [0.05, 0.1) is 26.4 Å². The van der Waals surface area contributed by atoms with E-state index in [9.17, 15) is 43.2 Å². The summed E-state index contributed by atoms with van der Waals surface area (Å²) in [4.78, 5) is 73.6. The molecule has 0 spiro atoms. The standard InChI is InChI=1S/C97H190O17P2/c1-7-11-13-15-17-19-21-22-23-24-25-26-27-28-36-41-46-51-57-63-69-75-81-96(101)113-92(85-107-94(99)79-73-67-61-55-20-18-16-14-12-8-2)87-111-115(103,104)109-83-91(98)84-110-116(105,106)112-88-93(114-97(102)82-76-70-64-58-52-47-42-37-32-30-34-39-44-49-54-60-66-72-78-90(6)10-4)86-108-95(100)80-74-68-62-56-50-45-40-35-31-29-33-38-43-48-53-59-65-71-77-89(5)9-3/h89-93,98H,7-88H2,1-6H3,(H,103,104)(H,105,106)/t89?,90?,91-,92+,93+/m0/s1. The topological polar surface area (TPSA) is 237 Å². The van der Waals surface area contributed by atoms with E-state index >= 15 is 0 Å². The van der Waals surface area contributed by atoms with Crippen molar-refractivity contribution in [2.24, 2.45) is 11.8 Å². The highest BCUT2D eigenvalue weighted by atomic mass is 31.2. The van der Waals surface area contributed by atoms with Crippen molar-refractivity contribution in [1.29, 1.82) is 0 Å². The number of carbonyl (C=O) groups is 4. The number of phosphoric ester groups is 2. The normalized spacial score (nSPS) is 14.1. The Labute approximate surface area is 715 Å². The summed E-state index contributed by atoms with van der Waals surface area (Å²) in [6.45, 7) is 9.86. The number of ether oxygens (including phenoxy) is 4. The Balaban J connectivity index is 5.19. The Morgan fingerprint density at radius 3 is 0.612 bits per heavy atom. The highest BCUT2D eigenvalue weighted by molar-refractivity contribution is 7.47. The van der Waals surface area contributed by atoms with Crippen LogP contribution in [0.2, 0.25) is 0 Å². The molecule has 0 heterocycles. The average molecular weight is 1690 g/mol. The Morgan fingerprint density at radius 1 is 0.241 bits per heavy atom. The summed E-state index contributed by atoms with van der Waals surface area (Å²) in [6, 6.07) is 0. The van der Waals surface area contributed by atoms with Crippen molar-refractivity contribution < 1.29 is 80.2 Å². The van der Waals surface area contributed by atoms with Crippen LogP contribution in [0.4, 0.5) is 0 Å². The summed E-state index contributed by atoms with van der Waals surface area (Å²) in [5, 5.41) is 10.7. The summed E-state index contributed by atoms with van der Waals surface area (Å²) in [6.07, 6.45) is 84.9. The lowest BCUT2D eigenvalue weighted by molar-refractivity contribution is -0.161. The zero-order valence-electron chi connectivity index (χ0n) is 76.8. The maximum atomic E-state index is 13.2. The molecule has 116 heavy (non-hydrogen) atoms. The van der Waals surface area contributed by atoms with Crippen molar-refractivity contribution in [2.45, 2.75) is 548 Å². The van der Waals surface area contributed by atoms with Crippen LogP contribution >= 0.6 is 15.6 Å². The molecule has 0 radical (unpaired) electrons. The molecule has 0 saturated heterocycles. The van der Waals surface area contributed by atoms with Crippen LogP contribution in [0.25, 0.3) is 0 Å². The van der Waals surface area contributed by atoms with Crippen molar-refractivity contribution in [3.63, 3.8) is 0 Å². The van der Waals surface area contributed by atoms with Crippen molar-refractivity contribution in [3.8, 4) is 0 Å². The molecule has 0 aliphatic rings. The fourth-order valence-corrected chi connectivity index (χ4v) is 16.9. The largest absolute Gasteiger partial charge is 0.472 e. The van der Waals surface area contributed by atoms with E-state index in [1.165, 1.54) is 347 Å². The second kappa shape index (κ2) is 87.9. The molecule has 0 aromatic carbocycles. The van der Waals surface area contributed by atoms with Crippen molar-refractivity contribution in [2.75, 3.05) is 39.6 Å². The van der Waals surface area contributed by atoms with E-state index in [0.29, 0.717) is 25.7 Å². The van der Waals surface area contributed by atoms with Crippen molar-refractivity contribution in [1.82, 2.24) is 0 Å². The van der Waals surface area contributed by atoms with Crippen LogP contribution in [0.5, 0.6) is 0 Å². The molecular formula is C97H190O17P2. The van der Waals surface area contributed by atoms with Gasteiger partial charge >= 0.3 is 39.5 Å². The van der Waals surface area contributed by atoms with Crippen LogP contribution in [0, 0.1) is 11.8 Å². The fourth-order valence-electron chi connectivity index (χ4n) is 15.3. The van der Waals surface area contributed by atoms with Gasteiger partial charge in [0.15, 0.2) is 12.2 Å². The Morgan fingerprint density at radius 2 is 0.414 bits per heavy atom. The van der Waals surface area contributed by atoms with E-state index in [1.807, 2.05) is 0 Å². The molecule has 0 bridgehead atoms. The van der Waals surface area contributed by atoms with Gasteiger partial charge in [0.1, 0.15) is 19.3 Å². The van der Waals surface area contributed by atoms with Crippen molar-refractivity contribution in [3.05, 3.63) is 0 Å². The molecule has 690 valence electrons. The van der Waals surface area contributed by atoms with E-state index in [-0.39, 0.29) is 25.7 Å². The minimum atomic E-state index is -4.97. The molecule has 0 rings (SSSR count). The number of hydrogen-bond acceptors (Lipinski definition) is 15. The number of hydrogen-bond donors (Lipinski definition) is 3. The first-order valence-corrected chi connectivity index (χ1v) is 53.1. The molecule has 3 N–H and O–H groups in total. The summed E-state index contributed by atoms with van der Waals surface area (Å²) in [7, 11) is -9.94. The van der Waals surface area contributed by atoms with E-state index < -0.39 is 97.5 Å². The lowest BCUT2D eigenvalue weighted by atomic mass is 9.99. The molecule has 0 aromatic heterocycles. The number of carbonyl (C=O) groups excluding carboxylic acids is 4. The quantitative estimate of drug-likeness (QED) is 0.0222.